The highest BCUT2D eigenvalue weighted by molar-refractivity contribution is 9.10. The number of carbonyl (C=O) groups is 1. The van der Waals surface area contributed by atoms with E-state index < -0.39 is 0 Å². The van der Waals surface area contributed by atoms with Gasteiger partial charge in [-0.2, -0.15) is 0 Å². The molecule has 0 N–H and O–H groups in total. The largest absolute Gasteiger partial charge is 0.288 e. The maximum atomic E-state index is 11.3. The number of amides is 1. The molecular formula is C11H12BrNO. The lowest BCUT2D eigenvalue weighted by molar-refractivity contribution is -0.116. The zero-order valence-electron chi connectivity index (χ0n) is 8.20. The molecule has 0 aliphatic carbocycles. The van der Waals surface area contributed by atoms with Gasteiger partial charge in [-0.1, -0.05) is 22.0 Å². The van der Waals surface area contributed by atoms with Crippen molar-refractivity contribution in [1.29, 1.82) is 0 Å². The molecule has 1 rings (SSSR count). The van der Waals surface area contributed by atoms with Crippen LogP contribution >= 0.6 is 15.9 Å². The number of halogens is 1. The van der Waals surface area contributed by atoms with E-state index in [2.05, 4.69) is 15.9 Å². The summed E-state index contributed by atoms with van der Waals surface area (Å²) >= 11 is 3.35. The first kappa shape index (κ1) is 11.0. The molecule has 74 valence electrons. The van der Waals surface area contributed by atoms with Crippen LogP contribution in [0.1, 0.15) is 13.8 Å². The van der Waals surface area contributed by atoms with Crippen LogP contribution in [0.4, 0.5) is 5.69 Å². The van der Waals surface area contributed by atoms with Gasteiger partial charge in [0.2, 0.25) is 5.91 Å². The zero-order chi connectivity index (χ0) is 10.6. The van der Waals surface area contributed by atoms with E-state index in [0.29, 0.717) is 0 Å². The minimum absolute atomic E-state index is 0.00502. The Kier molecular flexibility index (Phi) is 3.89. The number of benzene rings is 1. The lowest BCUT2D eigenvalue weighted by Gasteiger charge is -2.15. The predicted molar refractivity (Wildman–Crippen MR) is 62.1 cm³/mol. The average molecular weight is 254 g/mol. The number of nitrogens with zero attached hydrogens (tertiary/aromatic N) is 1. The molecule has 1 amide bonds. The predicted octanol–water partition coefficient (Wildman–Crippen LogP) is 3.34. The molecule has 0 fully saturated rings. The van der Waals surface area contributed by atoms with Crippen molar-refractivity contribution in [1.82, 2.24) is 0 Å². The number of carbonyl (C=O) groups excluding carboxylic acids is 1. The zero-order valence-corrected chi connectivity index (χ0v) is 9.78. The van der Waals surface area contributed by atoms with E-state index in [1.165, 1.54) is 0 Å². The first-order valence-corrected chi connectivity index (χ1v) is 5.12. The molecule has 2 nitrogen and oxygen atoms in total. The van der Waals surface area contributed by atoms with Gasteiger partial charge < -0.3 is 0 Å². The maximum Gasteiger partial charge on any atom is 0.227 e. The SMILES string of the molecule is C/C=C/N(C(C)=O)c1ccc(Br)cc1. The van der Waals surface area contributed by atoms with Gasteiger partial charge in [-0.25, -0.2) is 0 Å². The second-order valence-electron chi connectivity index (χ2n) is 2.85. The Morgan fingerprint density at radius 1 is 1.36 bits per heavy atom. The summed E-state index contributed by atoms with van der Waals surface area (Å²) in [6.45, 7) is 3.43. The van der Waals surface area contributed by atoms with Gasteiger partial charge in [0.05, 0.1) is 0 Å². The van der Waals surface area contributed by atoms with Crippen molar-refractivity contribution < 1.29 is 4.79 Å². The van der Waals surface area contributed by atoms with Crippen LogP contribution in [0.2, 0.25) is 0 Å². The molecule has 3 heteroatoms. The summed E-state index contributed by atoms with van der Waals surface area (Å²) in [5.74, 6) is 0.00502. The highest BCUT2D eigenvalue weighted by Crippen LogP contribution is 2.18. The quantitative estimate of drug-likeness (QED) is 0.792. The Bertz CT molecular complexity index is 343. The summed E-state index contributed by atoms with van der Waals surface area (Å²) in [5.41, 5.74) is 0.874. The van der Waals surface area contributed by atoms with Crippen molar-refractivity contribution >= 4 is 27.5 Å². The van der Waals surface area contributed by atoms with Crippen molar-refractivity contribution in [3.8, 4) is 0 Å². The Hall–Kier alpha value is -1.09. The van der Waals surface area contributed by atoms with E-state index in [1.54, 1.807) is 18.0 Å². The Balaban J connectivity index is 2.99. The second kappa shape index (κ2) is 4.96. The molecule has 0 aromatic heterocycles. The highest BCUT2D eigenvalue weighted by Gasteiger charge is 2.06. The molecule has 1 aromatic carbocycles. The summed E-state index contributed by atoms with van der Waals surface area (Å²) in [6, 6.07) is 7.61. The van der Waals surface area contributed by atoms with Crippen LogP contribution in [0.5, 0.6) is 0 Å². The van der Waals surface area contributed by atoms with E-state index in [9.17, 15) is 4.79 Å². The summed E-state index contributed by atoms with van der Waals surface area (Å²) in [6.07, 6.45) is 3.59. The smallest absolute Gasteiger partial charge is 0.227 e. The van der Waals surface area contributed by atoms with E-state index >= 15 is 0 Å². The molecule has 0 aliphatic heterocycles. The van der Waals surface area contributed by atoms with Gasteiger partial charge in [-0.05, 0) is 31.2 Å². The summed E-state index contributed by atoms with van der Waals surface area (Å²) in [7, 11) is 0. The Morgan fingerprint density at radius 2 is 1.93 bits per heavy atom. The van der Waals surface area contributed by atoms with Crippen molar-refractivity contribution in [2.24, 2.45) is 0 Å². The van der Waals surface area contributed by atoms with E-state index in [1.807, 2.05) is 37.3 Å². The lowest BCUT2D eigenvalue weighted by Crippen LogP contribution is -2.21. The minimum Gasteiger partial charge on any atom is -0.288 e. The standard InChI is InChI=1S/C11H12BrNO/c1-3-8-13(9(2)14)11-6-4-10(12)5-7-11/h3-8H,1-2H3/b8-3+. The number of hydrogen-bond acceptors (Lipinski definition) is 1. The normalized spacial score (nSPS) is 10.5. The topological polar surface area (TPSA) is 20.3 Å². The molecule has 0 heterocycles. The van der Waals surface area contributed by atoms with Crippen LogP contribution in [0, 0.1) is 0 Å². The Morgan fingerprint density at radius 3 is 2.36 bits per heavy atom. The van der Waals surface area contributed by atoms with Crippen LogP contribution < -0.4 is 4.90 Å². The summed E-state index contributed by atoms with van der Waals surface area (Å²) in [4.78, 5) is 12.9. The number of hydrogen-bond donors (Lipinski definition) is 0. The molecule has 0 saturated carbocycles. The van der Waals surface area contributed by atoms with Gasteiger partial charge in [-0.3, -0.25) is 9.69 Å². The molecule has 0 radical (unpaired) electrons. The minimum atomic E-state index is 0.00502. The van der Waals surface area contributed by atoms with Crippen molar-refractivity contribution in [3.63, 3.8) is 0 Å². The van der Waals surface area contributed by atoms with Gasteiger partial charge in [0.15, 0.2) is 0 Å². The fourth-order valence-corrected chi connectivity index (χ4v) is 1.39. The van der Waals surface area contributed by atoms with Crippen LogP contribution in [0.15, 0.2) is 41.0 Å². The van der Waals surface area contributed by atoms with Crippen molar-refractivity contribution in [3.05, 3.63) is 41.0 Å². The van der Waals surface area contributed by atoms with Gasteiger partial charge >= 0.3 is 0 Å². The van der Waals surface area contributed by atoms with Gasteiger partial charge in [0.25, 0.3) is 0 Å². The molecule has 0 saturated heterocycles. The second-order valence-corrected chi connectivity index (χ2v) is 3.76. The third kappa shape index (κ3) is 2.70. The fraction of sp³-hybridized carbons (Fsp3) is 0.182. The molecule has 14 heavy (non-hydrogen) atoms. The van der Waals surface area contributed by atoms with Crippen LogP contribution in [0.25, 0.3) is 0 Å². The number of rotatable bonds is 2. The fourth-order valence-electron chi connectivity index (χ4n) is 1.12. The first-order valence-electron chi connectivity index (χ1n) is 4.33. The van der Waals surface area contributed by atoms with Crippen molar-refractivity contribution in [2.75, 3.05) is 4.90 Å². The molecular weight excluding hydrogens is 242 g/mol. The van der Waals surface area contributed by atoms with Gasteiger partial charge in [0, 0.05) is 23.3 Å². The van der Waals surface area contributed by atoms with Crippen molar-refractivity contribution in [2.45, 2.75) is 13.8 Å². The third-order valence-electron chi connectivity index (χ3n) is 1.74. The van der Waals surface area contributed by atoms with E-state index in [0.717, 1.165) is 10.2 Å². The molecule has 0 unspecified atom stereocenters. The van der Waals surface area contributed by atoms with E-state index in [4.69, 9.17) is 0 Å². The Labute approximate surface area is 92.4 Å². The molecule has 0 spiro atoms. The van der Waals surface area contributed by atoms with Gasteiger partial charge in [-0.15, -0.1) is 0 Å². The highest BCUT2D eigenvalue weighted by atomic mass is 79.9. The summed E-state index contributed by atoms with van der Waals surface area (Å²) in [5, 5.41) is 0. The summed E-state index contributed by atoms with van der Waals surface area (Å²) < 4.78 is 1.00. The molecule has 0 atom stereocenters. The van der Waals surface area contributed by atoms with Crippen LogP contribution in [0.3, 0.4) is 0 Å². The average Bonchev–Trinajstić information content (AvgIpc) is 2.15. The van der Waals surface area contributed by atoms with E-state index in [-0.39, 0.29) is 5.91 Å². The lowest BCUT2D eigenvalue weighted by atomic mass is 10.3. The maximum absolute atomic E-state index is 11.3. The molecule has 1 aromatic rings. The molecule has 0 bridgehead atoms. The third-order valence-corrected chi connectivity index (χ3v) is 2.27. The molecule has 0 aliphatic rings. The monoisotopic (exact) mass is 253 g/mol. The van der Waals surface area contributed by atoms with Crippen LogP contribution in [-0.4, -0.2) is 5.91 Å². The van der Waals surface area contributed by atoms with Crippen LogP contribution in [-0.2, 0) is 4.79 Å². The number of allylic oxidation sites excluding steroid dienone is 1. The first-order chi connectivity index (χ1) is 6.65. The van der Waals surface area contributed by atoms with Gasteiger partial charge in [0.1, 0.15) is 0 Å². The number of anilines is 1.